The van der Waals surface area contributed by atoms with E-state index in [1.807, 2.05) is 54.6 Å². The van der Waals surface area contributed by atoms with Crippen LogP contribution in [0, 0.1) is 0 Å². The molecule has 1 N–H and O–H groups in total. The molecular formula is C18H17FN2O. The molecule has 4 rings (SSSR count). The third-order valence-electron chi connectivity index (χ3n) is 4.41. The van der Waals surface area contributed by atoms with Gasteiger partial charge in [0.25, 0.3) is 5.91 Å². The number of anilines is 2. The highest BCUT2D eigenvalue weighted by Crippen LogP contribution is 2.45. The zero-order valence-electron chi connectivity index (χ0n) is 12.1. The van der Waals surface area contributed by atoms with E-state index >= 15 is 0 Å². The second kappa shape index (κ2) is 4.83. The molecule has 1 saturated carbocycles. The molecule has 1 atom stereocenters. The lowest BCUT2D eigenvalue weighted by Gasteiger charge is -2.36. The molecule has 0 bridgehead atoms. The Labute approximate surface area is 128 Å². The average Bonchev–Trinajstić information content (AvgIpc) is 3.33. The smallest absolute Gasteiger partial charge is 0.264 e. The molecule has 1 aliphatic carbocycles. The molecule has 2 aromatic rings. The minimum absolute atomic E-state index is 0.0256. The van der Waals surface area contributed by atoms with E-state index in [9.17, 15) is 9.18 Å². The SMILES string of the molecule is O=C(N1CC(c2ccccc2)Nc2ccccc21)C1(F)CC1. The summed E-state index contributed by atoms with van der Waals surface area (Å²) in [6.45, 7) is 0.450. The number of fused-ring (bicyclic) bond motifs is 1. The zero-order valence-corrected chi connectivity index (χ0v) is 12.1. The van der Waals surface area contributed by atoms with Gasteiger partial charge in [0.2, 0.25) is 0 Å². The summed E-state index contributed by atoms with van der Waals surface area (Å²) in [6.07, 6.45) is 0.682. The molecule has 1 amide bonds. The van der Waals surface area contributed by atoms with E-state index < -0.39 is 11.6 Å². The third-order valence-corrected chi connectivity index (χ3v) is 4.41. The molecule has 1 aliphatic heterocycles. The first-order chi connectivity index (χ1) is 10.7. The fourth-order valence-electron chi connectivity index (χ4n) is 2.98. The van der Waals surface area contributed by atoms with Crippen LogP contribution in [-0.2, 0) is 4.79 Å². The van der Waals surface area contributed by atoms with Gasteiger partial charge in [-0.05, 0) is 30.5 Å². The Balaban J connectivity index is 1.72. The highest BCUT2D eigenvalue weighted by Gasteiger charge is 2.54. The van der Waals surface area contributed by atoms with E-state index in [1.54, 1.807) is 4.90 Å². The van der Waals surface area contributed by atoms with Crippen LogP contribution < -0.4 is 10.2 Å². The van der Waals surface area contributed by atoms with Crippen LogP contribution in [0.5, 0.6) is 0 Å². The van der Waals surface area contributed by atoms with E-state index in [0.29, 0.717) is 19.4 Å². The maximum atomic E-state index is 14.3. The van der Waals surface area contributed by atoms with Crippen LogP contribution in [0.15, 0.2) is 54.6 Å². The van der Waals surface area contributed by atoms with E-state index in [2.05, 4.69) is 5.32 Å². The maximum absolute atomic E-state index is 14.3. The molecule has 22 heavy (non-hydrogen) atoms. The van der Waals surface area contributed by atoms with Gasteiger partial charge >= 0.3 is 0 Å². The van der Waals surface area contributed by atoms with Gasteiger partial charge in [0.15, 0.2) is 5.67 Å². The lowest BCUT2D eigenvalue weighted by Crippen LogP contribution is -2.45. The number of halogens is 1. The molecule has 2 aromatic carbocycles. The summed E-state index contributed by atoms with van der Waals surface area (Å²) in [5.74, 6) is -0.401. The molecule has 3 nitrogen and oxygen atoms in total. The number of carbonyl (C=O) groups excluding carboxylic acids is 1. The van der Waals surface area contributed by atoms with E-state index in [4.69, 9.17) is 0 Å². The second-order valence-electron chi connectivity index (χ2n) is 6.01. The molecule has 1 heterocycles. The standard InChI is InChI=1S/C18H17FN2O/c19-18(10-11-18)17(22)21-12-15(13-6-2-1-3-7-13)20-14-8-4-5-9-16(14)21/h1-9,15,20H,10-12H2. The van der Waals surface area contributed by atoms with E-state index in [0.717, 1.165) is 16.9 Å². The summed E-state index contributed by atoms with van der Waals surface area (Å²) in [6, 6.07) is 17.5. The number of rotatable bonds is 2. The molecule has 1 fully saturated rings. The summed E-state index contributed by atoms with van der Waals surface area (Å²) in [7, 11) is 0. The monoisotopic (exact) mass is 296 g/mol. The van der Waals surface area contributed by atoms with Gasteiger partial charge in [0, 0.05) is 0 Å². The first kappa shape index (κ1) is 13.3. The second-order valence-corrected chi connectivity index (χ2v) is 6.01. The van der Waals surface area contributed by atoms with Crippen molar-refractivity contribution in [3.63, 3.8) is 0 Å². The van der Waals surface area contributed by atoms with E-state index in [1.165, 1.54) is 0 Å². The van der Waals surface area contributed by atoms with Crippen molar-refractivity contribution in [2.24, 2.45) is 0 Å². The Morgan fingerprint density at radius 3 is 2.50 bits per heavy atom. The Morgan fingerprint density at radius 1 is 1.09 bits per heavy atom. The fourth-order valence-corrected chi connectivity index (χ4v) is 2.98. The van der Waals surface area contributed by atoms with Crippen molar-refractivity contribution in [3.05, 3.63) is 60.2 Å². The topological polar surface area (TPSA) is 32.3 Å². The van der Waals surface area contributed by atoms with Gasteiger partial charge in [-0.15, -0.1) is 0 Å². The third kappa shape index (κ3) is 2.15. The van der Waals surface area contributed by atoms with Crippen molar-refractivity contribution in [2.75, 3.05) is 16.8 Å². The first-order valence-electron chi connectivity index (χ1n) is 7.59. The van der Waals surface area contributed by atoms with Crippen LogP contribution in [0.25, 0.3) is 0 Å². The van der Waals surface area contributed by atoms with Gasteiger partial charge in [-0.1, -0.05) is 42.5 Å². The lowest BCUT2D eigenvalue weighted by molar-refractivity contribution is -0.124. The molecule has 4 heteroatoms. The van der Waals surface area contributed by atoms with E-state index in [-0.39, 0.29) is 6.04 Å². The number of hydrogen-bond donors (Lipinski definition) is 1. The summed E-state index contributed by atoms with van der Waals surface area (Å²) in [4.78, 5) is 14.2. The number of carbonyl (C=O) groups is 1. The molecule has 1 unspecified atom stereocenters. The minimum atomic E-state index is -1.65. The summed E-state index contributed by atoms with van der Waals surface area (Å²) >= 11 is 0. The Hall–Kier alpha value is -2.36. The molecular weight excluding hydrogens is 279 g/mol. The Bertz CT molecular complexity index is 712. The Morgan fingerprint density at radius 2 is 1.77 bits per heavy atom. The maximum Gasteiger partial charge on any atom is 0.264 e. The molecule has 0 aromatic heterocycles. The van der Waals surface area contributed by atoms with Crippen LogP contribution in [0.2, 0.25) is 0 Å². The van der Waals surface area contributed by atoms with Crippen LogP contribution in [0.1, 0.15) is 24.4 Å². The zero-order chi connectivity index (χ0) is 15.2. The number of para-hydroxylation sites is 2. The van der Waals surface area contributed by atoms with Crippen molar-refractivity contribution in [1.82, 2.24) is 0 Å². The van der Waals surface area contributed by atoms with Crippen molar-refractivity contribution in [3.8, 4) is 0 Å². The minimum Gasteiger partial charge on any atom is -0.375 e. The van der Waals surface area contributed by atoms with Crippen LogP contribution in [-0.4, -0.2) is 18.1 Å². The van der Waals surface area contributed by atoms with Crippen LogP contribution >= 0.6 is 0 Å². The number of nitrogens with zero attached hydrogens (tertiary/aromatic N) is 1. The fraction of sp³-hybridized carbons (Fsp3) is 0.278. The van der Waals surface area contributed by atoms with Crippen molar-refractivity contribution in [1.29, 1.82) is 0 Å². The van der Waals surface area contributed by atoms with Gasteiger partial charge in [-0.3, -0.25) is 4.79 Å². The number of alkyl halides is 1. The molecule has 112 valence electrons. The van der Waals surface area contributed by atoms with Crippen LogP contribution in [0.3, 0.4) is 0 Å². The summed E-state index contributed by atoms with van der Waals surface area (Å²) in [5.41, 5.74) is 1.09. The molecule has 0 radical (unpaired) electrons. The summed E-state index contributed by atoms with van der Waals surface area (Å²) < 4.78 is 14.3. The van der Waals surface area contributed by atoms with Crippen molar-refractivity contribution >= 4 is 17.3 Å². The molecule has 2 aliphatic rings. The lowest BCUT2D eigenvalue weighted by atomic mass is 10.0. The normalized spacial score (nSPS) is 21.7. The predicted molar refractivity (Wildman–Crippen MR) is 84.7 cm³/mol. The molecule has 0 saturated heterocycles. The van der Waals surface area contributed by atoms with Gasteiger partial charge < -0.3 is 10.2 Å². The first-order valence-corrected chi connectivity index (χ1v) is 7.59. The van der Waals surface area contributed by atoms with Gasteiger partial charge in [-0.2, -0.15) is 0 Å². The van der Waals surface area contributed by atoms with Crippen molar-refractivity contribution in [2.45, 2.75) is 24.6 Å². The highest BCUT2D eigenvalue weighted by atomic mass is 19.1. The average molecular weight is 296 g/mol. The number of benzene rings is 2. The Kier molecular flexibility index (Phi) is 2.93. The van der Waals surface area contributed by atoms with Gasteiger partial charge in [-0.25, -0.2) is 4.39 Å². The largest absolute Gasteiger partial charge is 0.375 e. The quantitative estimate of drug-likeness (QED) is 0.916. The number of amides is 1. The number of nitrogens with one attached hydrogen (secondary N) is 1. The summed E-state index contributed by atoms with van der Waals surface area (Å²) in [5, 5.41) is 3.45. The van der Waals surface area contributed by atoms with Crippen molar-refractivity contribution < 1.29 is 9.18 Å². The van der Waals surface area contributed by atoms with Gasteiger partial charge in [0.05, 0.1) is 24.0 Å². The van der Waals surface area contributed by atoms with Gasteiger partial charge in [0.1, 0.15) is 0 Å². The number of hydrogen-bond acceptors (Lipinski definition) is 2. The molecule has 0 spiro atoms. The predicted octanol–water partition coefficient (Wildman–Crippen LogP) is 3.69. The van der Waals surface area contributed by atoms with Crippen LogP contribution in [0.4, 0.5) is 15.8 Å². The highest BCUT2D eigenvalue weighted by molar-refractivity contribution is 6.04.